The molecule has 0 radical (unpaired) electrons. The van der Waals surface area contributed by atoms with Gasteiger partial charge in [0, 0.05) is 36.0 Å². The van der Waals surface area contributed by atoms with Crippen molar-refractivity contribution in [1.82, 2.24) is 5.32 Å². The van der Waals surface area contributed by atoms with Gasteiger partial charge in [-0.25, -0.2) is 4.99 Å². The average Bonchev–Trinajstić information content (AvgIpc) is 3.44. The van der Waals surface area contributed by atoms with E-state index in [1.807, 2.05) is 54.6 Å². The zero-order valence-corrected chi connectivity index (χ0v) is 29.1. The number of halogens is 1. The van der Waals surface area contributed by atoms with Crippen LogP contribution in [-0.2, 0) is 25.5 Å². The molecule has 0 unspecified atom stereocenters. The van der Waals surface area contributed by atoms with Gasteiger partial charge in [-0.15, -0.1) is 0 Å². The second kappa shape index (κ2) is 16.1. The van der Waals surface area contributed by atoms with Crippen molar-refractivity contribution in [1.29, 1.82) is 0 Å². The van der Waals surface area contributed by atoms with E-state index in [1.54, 1.807) is 47.1 Å². The predicted octanol–water partition coefficient (Wildman–Crippen LogP) is 5.97. The number of amides is 1. The van der Waals surface area contributed by atoms with Crippen molar-refractivity contribution in [3.63, 3.8) is 0 Å². The van der Waals surface area contributed by atoms with Crippen molar-refractivity contribution < 1.29 is 38.4 Å². The highest BCUT2D eigenvalue weighted by atomic mass is 79.9. The highest BCUT2D eigenvalue weighted by Gasteiger charge is 2.53. The van der Waals surface area contributed by atoms with Crippen LogP contribution in [-0.4, -0.2) is 68.0 Å². The van der Waals surface area contributed by atoms with Crippen molar-refractivity contribution in [2.75, 3.05) is 34.0 Å². The molecule has 1 aliphatic heterocycles. The highest BCUT2D eigenvalue weighted by Crippen LogP contribution is 2.43. The summed E-state index contributed by atoms with van der Waals surface area (Å²) in [5.74, 6) is 1.45. The molecule has 0 aromatic heterocycles. The average molecular weight is 712 g/mol. The maximum atomic E-state index is 14.4. The van der Waals surface area contributed by atoms with Crippen molar-refractivity contribution in [2.45, 2.75) is 63.7 Å². The summed E-state index contributed by atoms with van der Waals surface area (Å²) in [6, 6.07) is 20.2. The molecule has 1 amide bonds. The van der Waals surface area contributed by atoms with Gasteiger partial charge in [-0.3, -0.25) is 9.59 Å². The van der Waals surface area contributed by atoms with E-state index in [9.17, 15) is 9.59 Å². The Labute approximate surface area is 284 Å². The minimum atomic E-state index is -1.49. The predicted molar refractivity (Wildman–Crippen MR) is 182 cm³/mol. The fourth-order valence-electron chi connectivity index (χ4n) is 5.23. The van der Waals surface area contributed by atoms with E-state index in [2.05, 4.69) is 21.2 Å². The molecule has 1 aliphatic rings. The molecule has 0 saturated heterocycles. The summed E-state index contributed by atoms with van der Waals surface area (Å²) in [7, 11) is 3.19. The number of nitrogens with zero attached hydrogens (tertiary/aromatic N) is 1. The number of carbonyl (C=O) groups excluding carboxylic acids is 2. The lowest BCUT2D eigenvalue weighted by molar-refractivity contribution is -0.155. The smallest absolute Gasteiger partial charge is 0.306 e. The third-order valence-electron chi connectivity index (χ3n) is 7.50. The molecule has 0 spiro atoms. The molecule has 4 rings (SSSR count). The van der Waals surface area contributed by atoms with Crippen molar-refractivity contribution in [2.24, 2.45) is 4.99 Å². The number of aliphatic hydroxyl groups excluding tert-OH is 1. The van der Waals surface area contributed by atoms with E-state index in [0.29, 0.717) is 42.3 Å². The van der Waals surface area contributed by atoms with Crippen LogP contribution < -0.4 is 19.5 Å². The molecule has 0 saturated carbocycles. The number of nitrogens with one attached hydrogen (secondary N) is 1. The SMILES string of the molecule is COc1ccc(OC)c(CCNC(=O)[C@]2(CCC(=O)OC(C)(C)C)N=C(c3ccc(OCCCO)cc3)O[C@@H]2c2ccc(Br)cc2)c1. The molecule has 2 N–H and O–H groups in total. The number of methoxy groups -OCH3 is 2. The zero-order valence-electron chi connectivity index (χ0n) is 27.5. The van der Waals surface area contributed by atoms with Crippen LogP contribution in [0.2, 0.25) is 0 Å². The Morgan fingerprint density at radius 2 is 1.70 bits per heavy atom. The summed E-state index contributed by atoms with van der Waals surface area (Å²) in [6.07, 6.45) is 0.139. The van der Waals surface area contributed by atoms with Gasteiger partial charge in [0.05, 0.1) is 20.8 Å². The van der Waals surface area contributed by atoms with E-state index in [1.165, 1.54) is 0 Å². The van der Waals surface area contributed by atoms with Gasteiger partial charge in [0.15, 0.2) is 11.6 Å². The Hall–Kier alpha value is -4.09. The topological polar surface area (TPSA) is 125 Å². The first-order chi connectivity index (χ1) is 22.5. The fourth-order valence-corrected chi connectivity index (χ4v) is 5.50. The van der Waals surface area contributed by atoms with Crippen LogP contribution in [0.1, 0.15) is 62.8 Å². The second-order valence-corrected chi connectivity index (χ2v) is 13.0. The van der Waals surface area contributed by atoms with Gasteiger partial charge < -0.3 is 34.1 Å². The lowest BCUT2D eigenvalue weighted by Gasteiger charge is -2.31. The molecule has 2 atom stereocenters. The van der Waals surface area contributed by atoms with Crippen molar-refractivity contribution in [3.05, 3.63) is 87.9 Å². The van der Waals surface area contributed by atoms with E-state index >= 15 is 0 Å². The summed E-state index contributed by atoms with van der Waals surface area (Å²) < 4.78 is 29.6. The number of benzene rings is 3. The molecule has 252 valence electrons. The number of hydrogen-bond donors (Lipinski definition) is 2. The Kier molecular flexibility index (Phi) is 12.3. The Morgan fingerprint density at radius 3 is 2.34 bits per heavy atom. The van der Waals surface area contributed by atoms with E-state index in [-0.39, 0.29) is 37.8 Å². The number of rotatable bonds is 15. The van der Waals surface area contributed by atoms with Crippen LogP contribution in [0.15, 0.2) is 76.2 Å². The minimum Gasteiger partial charge on any atom is -0.497 e. The first-order valence-electron chi connectivity index (χ1n) is 15.5. The third kappa shape index (κ3) is 9.48. The zero-order chi connectivity index (χ0) is 34.0. The monoisotopic (exact) mass is 710 g/mol. The second-order valence-electron chi connectivity index (χ2n) is 12.1. The first-order valence-corrected chi connectivity index (χ1v) is 16.3. The van der Waals surface area contributed by atoms with Crippen molar-refractivity contribution >= 4 is 33.7 Å². The maximum Gasteiger partial charge on any atom is 0.306 e. The van der Waals surface area contributed by atoms with Crippen LogP contribution in [0.25, 0.3) is 0 Å². The van der Waals surface area contributed by atoms with Crippen LogP contribution in [0.3, 0.4) is 0 Å². The highest BCUT2D eigenvalue weighted by molar-refractivity contribution is 9.10. The molecule has 0 fully saturated rings. The van der Waals surface area contributed by atoms with Crippen LogP contribution in [0.5, 0.6) is 17.2 Å². The van der Waals surface area contributed by atoms with Gasteiger partial charge in [-0.05, 0) is 99.3 Å². The summed E-state index contributed by atoms with van der Waals surface area (Å²) in [5, 5.41) is 12.1. The standard InChI is InChI=1S/C36H43BrN2O8/c1-35(2,3)47-31(41)17-19-36(34(42)38-20-18-26-23-29(43-4)15-16-30(26)44-5)32(24-7-11-27(37)12-8-24)46-33(39-36)25-9-13-28(14-10-25)45-22-6-21-40/h7-16,23,32,40H,6,17-22H2,1-5H3,(H,38,42)/t32-,36-/m1/s1. The minimum absolute atomic E-state index is 0.0424. The largest absolute Gasteiger partial charge is 0.497 e. The van der Waals surface area contributed by atoms with Gasteiger partial charge in [0.2, 0.25) is 5.90 Å². The van der Waals surface area contributed by atoms with Crippen LogP contribution in [0, 0.1) is 0 Å². The normalized spacial score (nSPS) is 17.3. The van der Waals surface area contributed by atoms with Gasteiger partial charge in [-0.1, -0.05) is 28.1 Å². The number of aliphatic hydroxyl groups is 1. The van der Waals surface area contributed by atoms with Gasteiger partial charge in [0.1, 0.15) is 22.8 Å². The van der Waals surface area contributed by atoms with Gasteiger partial charge in [0.25, 0.3) is 5.91 Å². The van der Waals surface area contributed by atoms with E-state index < -0.39 is 23.2 Å². The molecule has 1 heterocycles. The number of ether oxygens (including phenoxy) is 5. The number of aliphatic imine (C=N–C) groups is 1. The molecule has 11 heteroatoms. The lowest BCUT2D eigenvalue weighted by Crippen LogP contribution is -2.49. The van der Waals surface area contributed by atoms with E-state index in [4.69, 9.17) is 33.8 Å². The first kappa shape index (κ1) is 35.8. The number of esters is 1. The number of carbonyl (C=O) groups is 2. The van der Waals surface area contributed by atoms with Crippen molar-refractivity contribution in [3.8, 4) is 17.2 Å². The quantitative estimate of drug-likeness (QED) is 0.146. The lowest BCUT2D eigenvalue weighted by atomic mass is 9.83. The molecular formula is C36H43BrN2O8. The van der Waals surface area contributed by atoms with Gasteiger partial charge in [-0.2, -0.15) is 0 Å². The summed E-state index contributed by atoms with van der Waals surface area (Å²) >= 11 is 3.49. The summed E-state index contributed by atoms with van der Waals surface area (Å²) in [5.41, 5.74) is 0.0658. The summed E-state index contributed by atoms with van der Waals surface area (Å²) in [4.78, 5) is 32.4. The molecule has 3 aromatic rings. The molecule has 10 nitrogen and oxygen atoms in total. The molecule has 0 bridgehead atoms. The Balaban J connectivity index is 1.69. The summed E-state index contributed by atoms with van der Waals surface area (Å²) in [6.45, 7) is 6.11. The number of hydrogen-bond acceptors (Lipinski definition) is 9. The molecular weight excluding hydrogens is 668 g/mol. The van der Waals surface area contributed by atoms with Crippen LogP contribution >= 0.6 is 15.9 Å². The third-order valence-corrected chi connectivity index (χ3v) is 8.03. The van der Waals surface area contributed by atoms with Gasteiger partial charge >= 0.3 is 5.97 Å². The van der Waals surface area contributed by atoms with Crippen LogP contribution in [0.4, 0.5) is 0 Å². The Bertz CT molecular complexity index is 1540. The van der Waals surface area contributed by atoms with E-state index in [0.717, 1.165) is 15.6 Å². The molecule has 3 aromatic carbocycles. The molecule has 0 aliphatic carbocycles. The Morgan fingerprint density at radius 1 is 1.00 bits per heavy atom. The fraction of sp³-hybridized carbons (Fsp3) is 0.417. The maximum absolute atomic E-state index is 14.4. The molecule has 47 heavy (non-hydrogen) atoms.